The van der Waals surface area contributed by atoms with E-state index in [1.807, 2.05) is 0 Å². The Morgan fingerprint density at radius 3 is 1.48 bits per heavy atom. The molecule has 0 radical (unpaired) electrons. The molecule has 0 bridgehead atoms. The molecule has 0 heterocycles. The highest BCUT2D eigenvalue weighted by Crippen LogP contribution is 2.29. The lowest BCUT2D eigenvalue weighted by Crippen LogP contribution is -2.23. The second-order valence-electron chi connectivity index (χ2n) is 10.6. The van der Waals surface area contributed by atoms with Crippen molar-refractivity contribution < 1.29 is 14.3 Å². The third kappa shape index (κ3) is 18.2. The standard InChI is InChI=1S/C30H56O3/c1-4-5-6-7-8-9-10-11-12-13-14-15-16-17-18-19-24-32-25-28-20-22-29(23-21-28)26-33-30(31)27(2)3/h28-29H,2,4-26H2,1,3H3. The fraction of sp³-hybridized carbons (Fsp3) is 0.900. The molecule has 1 aliphatic rings. The molecule has 3 nitrogen and oxygen atoms in total. The average molecular weight is 465 g/mol. The van der Waals surface area contributed by atoms with E-state index in [2.05, 4.69) is 13.5 Å². The zero-order chi connectivity index (χ0) is 24.0. The number of carbonyl (C=O) groups is 1. The van der Waals surface area contributed by atoms with Crippen molar-refractivity contribution in [3.05, 3.63) is 12.2 Å². The molecule has 1 aliphatic carbocycles. The molecule has 33 heavy (non-hydrogen) atoms. The monoisotopic (exact) mass is 464 g/mol. The number of ether oxygens (including phenoxy) is 2. The van der Waals surface area contributed by atoms with Crippen LogP contribution in [0.5, 0.6) is 0 Å². The molecule has 0 aliphatic heterocycles. The summed E-state index contributed by atoms with van der Waals surface area (Å²) < 4.78 is 11.3. The van der Waals surface area contributed by atoms with E-state index in [-0.39, 0.29) is 5.97 Å². The summed E-state index contributed by atoms with van der Waals surface area (Å²) >= 11 is 0. The van der Waals surface area contributed by atoms with Gasteiger partial charge in [-0.1, -0.05) is 110 Å². The first-order chi connectivity index (χ1) is 16.1. The summed E-state index contributed by atoms with van der Waals surface area (Å²) in [4.78, 5) is 11.5. The average Bonchev–Trinajstić information content (AvgIpc) is 2.82. The Morgan fingerprint density at radius 2 is 1.06 bits per heavy atom. The van der Waals surface area contributed by atoms with Gasteiger partial charge in [-0.05, 0) is 50.9 Å². The fourth-order valence-electron chi connectivity index (χ4n) is 4.88. The Hall–Kier alpha value is -0.830. The lowest BCUT2D eigenvalue weighted by atomic mass is 9.83. The molecule has 0 aromatic heterocycles. The first kappa shape index (κ1) is 30.2. The first-order valence-electron chi connectivity index (χ1n) is 14.5. The topological polar surface area (TPSA) is 35.5 Å². The van der Waals surface area contributed by atoms with Crippen LogP contribution in [-0.2, 0) is 14.3 Å². The molecule has 3 heteroatoms. The van der Waals surface area contributed by atoms with Crippen molar-refractivity contribution in [3.63, 3.8) is 0 Å². The number of carbonyl (C=O) groups excluding carboxylic acids is 1. The van der Waals surface area contributed by atoms with E-state index in [4.69, 9.17) is 9.47 Å². The van der Waals surface area contributed by atoms with Gasteiger partial charge in [0.05, 0.1) is 6.61 Å². The van der Waals surface area contributed by atoms with Gasteiger partial charge in [-0.3, -0.25) is 0 Å². The van der Waals surface area contributed by atoms with Gasteiger partial charge in [-0.2, -0.15) is 0 Å². The molecular formula is C30H56O3. The van der Waals surface area contributed by atoms with Crippen LogP contribution in [0.4, 0.5) is 0 Å². The zero-order valence-electron chi connectivity index (χ0n) is 22.4. The maximum absolute atomic E-state index is 11.5. The third-order valence-corrected chi connectivity index (χ3v) is 7.26. The van der Waals surface area contributed by atoms with Crippen LogP contribution >= 0.6 is 0 Å². The second kappa shape index (κ2) is 21.7. The van der Waals surface area contributed by atoms with E-state index in [0.717, 1.165) is 26.1 Å². The summed E-state index contributed by atoms with van der Waals surface area (Å²) in [7, 11) is 0. The molecule has 0 aromatic carbocycles. The minimum atomic E-state index is -0.251. The van der Waals surface area contributed by atoms with Crippen molar-refractivity contribution in [2.75, 3.05) is 19.8 Å². The lowest BCUT2D eigenvalue weighted by Gasteiger charge is -2.28. The van der Waals surface area contributed by atoms with Crippen LogP contribution in [0, 0.1) is 11.8 Å². The highest BCUT2D eigenvalue weighted by Gasteiger charge is 2.22. The van der Waals surface area contributed by atoms with Gasteiger partial charge in [0.2, 0.25) is 0 Å². The largest absolute Gasteiger partial charge is 0.462 e. The van der Waals surface area contributed by atoms with Crippen LogP contribution in [0.2, 0.25) is 0 Å². The Kier molecular flexibility index (Phi) is 19.8. The molecule has 0 amide bonds. The van der Waals surface area contributed by atoms with Crippen molar-refractivity contribution in [2.24, 2.45) is 11.8 Å². The van der Waals surface area contributed by atoms with E-state index < -0.39 is 0 Å². The number of unbranched alkanes of at least 4 members (excludes halogenated alkanes) is 15. The number of esters is 1. The summed E-state index contributed by atoms with van der Waals surface area (Å²) in [5.74, 6) is 0.961. The predicted molar refractivity (Wildman–Crippen MR) is 142 cm³/mol. The van der Waals surface area contributed by atoms with Crippen LogP contribution in [0.15, 0.2) is 12.2 Å². The summed E-state index contributed by atoms with van der Waals surface area (Å²) in [5.41, 5.74) is 0.492. The highest BCUT2D eigenvalue weighted by atomic mass is 16.5. The molecule has 0 N–H and O–H groups in total. The molecule has 0 atom stereocenters. The smallest absolute Gasteiger partial charge is 0.333 e. The van der Waals surface area contributed by atoms with Crippen molar-refractivity contribution in [3.8, 4) is 0 Å². The predicted octanol–water partition coefficient (Wildman–Crippen LogP) is 9.19. The van der Waals surface area contributed by atoms with Crippen molar-refractivity contribution >= 4 is 5.97 Å². The summed E-state index contributed by atoms with van der Waals surface area (Å²) in [6, 6.07) is 0. The van der Waals surface area contributed by atoms with Crippen LogP contribution in [0.25, 0.3) is 0 Å². The van der Waals surface area contributed by atoms with E-state index in [0.29, 0.717) is 24.0 Å². The van der Waals surface area contributed by atoms with Crippen LogP contribution < -0.4 is 0 Å². The highest BCUT2D eigenvalue weighted by molar-refractivity contribution is 5.86. The molecular weight excluding hydrogens is 408 g/mol. The Labute approximate surface area is 206 Å². The van der Waals surface area contributed by atoms with Gasteiger partial charge >= 0.3 is 5.97 Å². The van der Waals surface area contributed by atoms with Gasteiger partial charge in [0.15, 0.2) is 0 Å². The molecule has 0 spiro atoms. The Balaban J connectivity index is 1.77. The number of hydrogen-bond donors (Lipinski definition) is 0. The molecule has 1 rings (SSSR count). The van der Waals surface area contributed by atoms with Crippen LogP contribution in [0.3, 0.4) is 0 Å². The third-order valence-electron chi connectivity index (χ3n) is 7.26. The van der Waals surface area contributed by atoms with Crippen molar-refractivity contribution in [2.45, 2.75) is 142 Å². The minimum Gasteiger partial charge on any atom is -0.462 e. The normalized spacial score (nSPS) is 18.4. The van der Waals surface area contributed by atoms with E-state index in [9.17, 15) is 4.79 Å². The SMILES string of the molecule is C=C(C)C(=O)OCC1CCC(COCCCCCCCCCCCCCCCCCC)CC1. The van der Waals surface area contributed by atoms with Crippen LogP contribution in [-0.4, -0.2) is 25.8 Å². The maximum Gasteiger partial charge on any atom is 0.333 e. The molecule has 0 saturated heterocycles. The van der Waals surface area contributed by atoms with Gasteiger partial charge in [-0.25, -0.2) is 4.79 Å². The summed E-state index contributed by atoms with van der Waals surface area (Å²) in [5, 5.41) is 0. The molecule has 0 aromatic rings. The molecule has 0 unspecified atom stereocenters. The summed E-state index contributed by atoms with van der Waals surface area (Å²) in [6.07, 6.45) is 27.3. The quantitative estimate of drug-likeness (QED) is 0.0909. The van der Waals surface area contributed by atoms with Crippen molar-refractivity contribution in [1.82, 2.24) is 0 Å². The minimum absolute atomic E-state index is 0.251. The van der Waals surface area contributed by atoms with Gasteiger partial charge < -0.3 is 9.47 Å². The van der Waals surface area contributed by atoms with Crippen LogP contribution in [0.1, 0.15) is 142 Å². The Morgan fingerprint density at radius 1 is 0.667 bits per heavy atom. The molecule has 1 saturated carbocycles. The van der Waals surface area contributed by atoms with E-state index in [1.54, 1.807) is 6.92 Å². The second-order valence-corrected chi connectivity index (χ2v) is 10.6. The lowest BCUT2D eigenvalue weighted by molar-refractivity contribution is -0.140. The van der Waals surface area contributed by atoms with Gasteiger partial charge in [0.25, 0.3) is 0 Å². The van der Waals surface area contributed by atoms with Crippen molar-refractivity contribution in [1.29, 1.82) is 0 Å². The molecule has 1 fully saturated rings. The zero-order valence-corrected chi connectivity index (χ0v) is 22.4. The van der Waals surface area contributed by atoms with E-state index in [1.165, 1.54) is 116 Å². The van der Waals surface area contributed by atoms with Gasteiger partial charge in [-0.15, -0.1) is 0 Å². The first-order valence-corrected chi connectivity index (χ1v) is 14.5. The van der Waals surface area contributed by atoms with Gasteiger partial charge in [0, 0.05) is 18.8 Å². The molecule has 194 valence electrons. The van der Waals surface area contributed by atoms with E-state index >= 15 is 0 Å². The van der Waals surface area contributed by atoms with Gasteiger partial charge in [0.1, 0.15) is 0 Å². The summed E-state index contributed by atoms with van der Waals surface area (Å²) in [6.45, 7) is 10.0. The number of rotatable bonds is 22. The fourth-order valence-corrected chi connectivity index (χ4v) is 4.88. The number of hydrogen-bond acceptors (Lipinski definition) is 3. The maximum atomic E-state index is 11.5. The Bertz CT molecular complexity index is 465.